The molecule has 2 amide bonds. The second-order valence-corrected chi connectivity index (χ2v) is 7.54. The molecule has 7 heteroatoms. The van der Waals surface area contributed by atoms with Crippen molar-refractivity contribution in [2.24, 2.45) is 11.3 Å². The predicted molar refractivity (Wildman–Crippen MR) is 87.1 cm³/mol. The number of aromatic nitrogens is 1. The van der Waals surface area contributed by atoms with Crippen molar-refractivity contribution in [1.82, 2.24) is 15.2 Å². The minimum absolute atomic E-state index is 0.0740. The summed E-state index contributed by atoms with van der Waals surface area (Å²) in [6, 6.07) is 3.73. The van der Waals surface area contributed by atoms with E-state index in [0.717, 1.165) is 5.56 Å². The normalized spacial score (nSPS) is 29.3. The highest BCUT2D eigenvalue weighted by Crippen LogP contribution is 2.48. The molecule has 2 saturated heterocycles. The van der Waals surface area contributed by atoms with Gasteiger partial charge >= 0.3 is 0 Å². The Kier molecular flexibility index (Phi) is 3.98. The average Bonchev–Trinajstić information content (AvgIpc) is 3.10. The van der Waals surface area contributed by atoms with Crippen LogP contribution in [0, 0.1) is 11.3 Å². The number of hydrogen-bond donors (Lipinski definition) is 1. The molecule has 1 aromatic heterocycles. The molecule has 2 aliphatic heterocycles. The number of pyridine rings is 1. The largest absolute Gasteiger partial charge is 0.380 e. The van der Waals surface area contributed by atoms with Crippen LogP contribution in [0.5, 0.6) is 0 Å². The van der Waals surface area contributed by atoms with Crippen LogP contribution in [0.15, 0.2) is 24.5 Å². The molecule has 1 saturated carbocycles. The van der Waals surface area contributed by atoms with Gasteiger partial charge in [0, 0.05) is 49.8 Å². The minimum Gasteiger partial charge on any atom is -0.380 e. The molecule has 134 valence electrons. The lowest BCUT2D eigenvalue weighted by molar-refractivity contribution is -0.138. The van der Waals surface area contributed by atoms with Gasteiger partial charge in [-0.05, 0) is 24.5 Å². The highest BCUT2D eigenvalue weighted by Gasteiger charge is 2.58. The molecule has 0 spiro atoms. The van der Waals surface area contributed by atoms with Gasteiger partial charge < -0.3 is 15.0 Å². The second-order valence-electron chi connectivity index (χ2n) is 7.54. The van der Waals surface area contributed by atoms with E-state index in [0.29, 0.717) is 52.1 Å². The summed E-state index contributed by atoms with van der Waals surface area (Å²) in [5.74, 6) is -0.380. The number of carbonyl (C=O) groups excluding carboxylic acids is 2. The van der Waals surface area contributed by atoms with E-state index in [1.54, 1.807) is 17.3 Å². The molecule has 0 unspecified atom stereocenters. The highest BCUT2D eigenvalue weighted by atomic mass is 19.1. The Hall–Kier alpha value is -2.02. The molecule has 2 atom stereocenters. The topological polar surface area (TPSA) is 71.5 Å². The Morgan fingerprint density at radius 2 is 2.28 bits per heavy atom. The van der Waals surface area contributed by atoms with Crippen LogP contribution in [0.3, 0.4) is 0 Å². The van der Waals surface area contributed by atoms with E-state index in [9.17, 15) is 14.0 Å². The van der Waals surface area contributed by atoms with Gasteiger partial charge in [0.05, 0.1) is 13.2 Å². The molecular weight excluding hydrogens is 325 g/mol. The number of fused-ring (bicyclic) bond motifs is 1. The van der Waals surface area contributed by atoms with Crippen molar-refractivity contribution in [3.05, 3.63) is 30.1 Å². The standard InChI is InChI=1S/C18H22FN3O3/c19-18(3-4-18)16(24)22-9-14-10-25-12-17(14,11-22)6-15(23)21-8-13-2-1-5-20-7-13/h1-2,5,7,14H,3-4,6,8-12H2,(H,21,23)/t14-,17+/m1/s1. The van der Waals surface area contributed by atoms with Crippen molar-refractivity contribution in [2.45, 2.75) is 31.5 Å². The van der Waals surface area contributed by atoms with Crippen molar-refractivity contribution in [3.8, 4) is 0 Å². The lowest BCUT2D eigenvalue weighted by Crippen LogP contribution is -2.41. The van der Waals surface area contributed by atoms with Crippen LogP contribution in [0.2, 0.25) is 0 Å². The van der Waals surface area contributed by atoms with E-state index in [1.165, 1.54) is 0 Å². The van der Waals surface area contributed by atoms with E-state index in [4.69, 9.17) is 4.74 Å². The number of nitrogens with one attached hydrogen (secondary N) is 1. The third-order valence-electron chi connectivity index (χ3n) is 5.61. The van der Waals surface area contributed by atoms with E-state index < -0.39 is 11.6 Å². The summed E-state index contributed by atoms with van der Waals surface area (Å²) in [7, 11) is 0. The predicted octanol–water partition coefficient (Wildman–Crippen LogP) is 1.06. The molecule has 3 aliphatic rings. The number of rotatable bonds is 5. The average molecular weight is 347 g/mol. The van der Waals surface area contributed by atoms with E-state index in [2.05, 4.69) is 10.3 Å². The molecular formula is C18H22FN3O3. The molecule has 0 bridgehead atoms. The summed E-state index contributed by atoms with van der Waals surface area (Å²) in [5.41, 5.74) is -1.10. The van der Waals surface area contributed by atoms with Gasteiger partial charge in [-0.25, -0.2) is 4.39 Å². The maximum absolute atomic E-state index is 14.1. The number of amides is 2. The Morgan fingerprint density at radius 1 is 1.44 bits per heavy atom. The molecule has 3 heterocycles. The van der Waals surface area contributed by atoms with Crippen molar-refractivity contribution in [3.63, 3.8) is 0 Å². The summed E-state index contributed by atoms with van der Waals surface area (Å²) in [4.78, 5) is 30.4. The van der Waals surface area contributed by atoms with E-state index in [1.807, 2.05) is 12.1 Å². The van der Waals surface area contributed by atoms with Crippen LogP contribution in [-0.4, -0.2) is 53.7 Å². The maximum Gasteiger partial charge on any atom is 0.260 e. The first-order chi connectivity index (χ1) is 12.0. The van der Waals surface area contributed by atoms with Crippen LogP contribution in [0.4, 0.5) is 4.39 Å². The highest BCUT2D eigenvalue weighted by molar-refractivity contribution is 5.88. The molecule has 25 heavy (non-hydrogen) atoms. The lowest BCUT2D eigenvalue weighted by Gasteiger charge is -2.27. The fraction of sp³-hybridized carbons (Fsp3) is 0.611. The van der Waals surface area contributed by atoms with Gasteiger partial charge in [0.1, 0.15) is 0 Å². The number of carbonyl (C=O) groups is 2. The van der Waals surface area contributed by atoms with Crippen molar-refractivity contribution in [2.75, 3.05) is 26.3 Å². The van der Waals surface area contributed by atoms with E-state index in [-0.39, 0.29) is 17.2 Å². The number of alkyl halides is 1. The van der Waals surface area contributed by atoms with Crippen LogP contribution < -0.4 is 5.32 Å². The first-order valence-electron chi connectivity index (χ1n) is 8.72. The minimum atomic E-state index is -1.65. The first kappa shape index (κ1) is 16.4. The zero-order valence-electron chi connectivity index (χ0n) is 14.0. The van der Waals surface area contributed by atoms with E-state index >= 15 is 0 Å². The molecule has 6 nitrogen and oxygen atoms in total. The third-order valence-corrected chi connectivity index (χ3v) is 5.61. The Bertz CT molecular complexity index is 679. The van der Waals surface area contributed by atoms with Gasteiger partial charge in [-0.15, -0.1) is 0 Å². The fourth-order valence-electron chi connectivity index (χ4n) is 3.93. The lowest BCUT2D eigenvalue weighted by atomic mass is 9.78. The summed E-state index contributed by atoms with van der Waals surface area (Å²) in [5, 5.41) is 2.91. The number of hydrogen-bond acceptors (Lipinski definition) is 4. The zero-order chi connectivity index (χ0) is 17.5. The summed E-state index contributed by atoms with van der Waals surface area (Å²) in [6.07, 6.45) is 4.34. The molecule has 0 radical (unpaired) electrons. The Labute approximate surface area is 145 Å². The van der Waals surface area contributed by atoms with Crippen molar-refractivity contribution >= 4 is 11.8 Å². The van der Waals surface area contributed by atoms with Gasteiger partial charge in [0.25, 0.3) is 5.91 Å². The fourth-order valence-corrected chi connectivity index (χ4v) is 3.93. The Morgan fingerprint density at radius 3 is 3.00 bits per heavy atom. The van der Waals surface area contributed by atoms with Gasteiger partial charge in [-0.1, -0.05) is 6.07 Å². The first-order valence-corrected chi connectivity index (χ1v) is 8.72. The van der Waals surface area contributed by atoms with Crippen LogP contribution in [-0.2, 0) is 20.9 Å². The Balaban J connectivity index is 1.38. The summed E-state index contributed by atoms with van der Waals surface area (Å²) in [6.45, 7) is 2.29. The summed E-state index contributed by atoms with van der Waals surface area (Å²) < 4.78 is 19.7. The zero-order valence-corrected chi connectivity index (χ0v) is 14.0. The van der Waals surface area contributed by atoms with Gasteiger partial charge in [0.15, 0.2) is 5.67 Å². The van der Waals surface area contributed by atoms with Gasteiger partial charge in [0.2, 0.25) is 5.91 Å². The summed E-state index contributed by atoms with van der Waals surface area (Å²) >= 11 is 0. The molecule has 1 aliphatic carbocycles. The van der Waals surface area contributed by atoms with Crippen LogP contribution in [0.25, 0.3) is 0 Å². The number of halogens is 1. The van der Waals surface area contributed by atoms with Gasteiger partial charge in [-0.3, -0.25) is 14.6 Å². The maximum atomic E-state index is 14.1. The quantitative estimate of drug-likeness (QED) is 0.865. The van der Waals surface area contributed by atoms with Crippen LogP contribution >= 0.6 is 0 Å². The molecule has 3 fully saturated rings. The monoisotopic (exact) mass is 347 g/mol. The molecule has 1 aromatic rings. The molecule has 1 N–H and O–H groups in total. The van der Waals surface area contributed by atoms with Crippen molar-refractivity contribution in [1.29, 1.82) is 0 Å². The van der Waals surface area contributed by atoms with Gasteiger partial charge in [-0.2, -0.15) is 0 Å². The van der Waals surface area contributed by atoms with Crippen molar-refractivity contribution < 1.29 is 18.7 Å². The van der Waals surface area contributed by atoms with Crippen LogP contribution in [0.1, 0.15) is 24.8 Å². The number of nitrogens with zero attached hydrogens (tertiary/aromatic N) is 2. The SMILES string of the molecule is O=C(C[C@]12COC[C@H]1CN(C(=O)C1(F)CC1)C2)NCc1cccnc1. The second kappa shape index (κ2) is 6.05. The number of ether oxygens (including phenoxy) is 1. The molecule has 0 aromatic carbocycles. The molecule has 4 rings (SSSR count). The number of likely N-dealkylation sites (tertiary alicyclic amines) is 1. The third kappa shape index (κ3) is 3.13. The smallest absolute Gasteiger partial charge is 0.260 e.